The predicted molar refractivity (Wildman–Crippen MR) is 85.6 cm³/mol. The van der Waals surface area contributed by atoms with Crippen LogP contribution in [-0.4, -0.2) is 67.0 Å². The Kier molecular flexibility index (Phi) is 10.6. The van der Waals surface area contributed by atoms with Gasteiger partial charge in [0.05, 0.1) is 32.7 Å². The molecule has 0 aromatic rings. The van der Waals surface area contributed by atoms with Crippen LogP contribution in [-0.2, 0) is 13.3 Å². The molecule has 0 atom stereocenters. The van der Waals surface area contributed by atoms with E-state index >= 15 is 0 Å². The standard InChI is InChI=1S/C13H30NO3Si.BF4/c1-5-15-18(16-6-2,17-7-3)13-12-14(4)10-8-9-11-14;2-1(3,4)5/h5-13H2,1-4H3;/q+1;-1. The van der Waals surface area contributed by atoms with E-state index in [1.165, 1.54) is 25.9 Å². The second kappa shape index (κ2) is 10.7. The Labute approximate surface area is 138 Å². The fraction of sp³-hybridized carbons (Fsp3) is 1.00. The molecule has 4 nitrogen and oxygen atoms in total. The molecule has 1 heterocycles. The largest absolute Gasteiger partial charge is 0.673 e. The van der Waals surface area contributed by atoms with Crippen LogP contribution in [0.15, 0.2) is 0 Å². The highest BCUT2D eigenvalue weighted by atomic mass is 28.4. The van der Waals surface area contributed by atoms with Crippen LogP contribution in [0.4, 0.5) is 17.3 Å². The van der Waals surface area contributed by atoms with Gasteiger partial charge in [0.15, 0.2) is 0 Å². The van der Waals surface area contributed by atoms with Gasteiger partial charge in [0, 0.05) is 32.7 Å². The van der Waals surface area contributed by atoms with Crippen molar-refractivity contribution >= 4 is 16.1 Å². The van der Waals surface area contributed by atoms with Gasteiger partial charge >= 0.3 is 16.1 Å². The molecule has 0 unspecified atom stereocenters. The number of rotatable bonds is 9. The van der Waals surface area contributed by atoms with E-state index in [4.69, 9.17) is 13.3 Å². The summed E-state index contributed by atoms with van der Waals surface area (Å²) < 4.78 is 57.9. The van der Waals surface area contributed by atoms with Crippen LogP contribution >= 0.6 is 0 Å². The Morgan fingerprint density at radius 1 is 0.870 bits per heavy atom. The van der Waals surface area contributed by atoms with Crippen LogP contribution in [0.1, 0.15) is 33.6 Å². The average Bonchev–Trinajstić information content (AvgIpc) is 2.83. The maximum Gasteiger partial charge on any atom is 0.673 e. The van der Waals surface area contributed by atoms with Crippen LogP contribution in [0.3, 0.4) is 0 Å². The average molecular weight is 363 g/mol. The molecule has 1 aliphatic rings. The minimum Gasteiger partial charge on any atom is -0.418 e. The first-order valence-electron chi connectivity index (χ1n) is 8.22. The van der Waals surface area contributed by atoms with Gasteiger partial charge in [-0.05, 0) is 20.8 Å². The molecule has 0 bridgehead atoms. The molecule has 140 valence electrons. The highest BCUT2D eigenvalue weighted by molar-refractivity contribution is 6.60. The Morgan fingerprint density at radius 2 is 1.22 bits per heavy atom. The van der Waals surface area contributed by atoms with Gasteiger partial charge in [0.1, 0.15) is 0 Å². The summed E-state index contributed by atoms with van der Waals surface area (Å²) in [6, 6.07) is 0.943. The Balaban J connectivity index is 0.000000841. The van der Waals surface area contributed by atoms with E-state index in [1.807, 2.05) is 20.8 Å². The van der Waals surface area contributed by atoms with Crippen molar-refractivity contribution in [3.63, 3.8) is 0 Å². The molecule has 0 aliphatic carbocycles. The Morgan fingerprint density at radius 3 is 1.52 bits per heavy atom. The lowest BCUT2D eigenvalue weighted by Crippen LogP contribution is -2.51. The summed E-state index contributed by atoms with van der Waals surface area (Å²) in [5.74, 6) is 0. The van der Waals surface area contributed by atoms with Gasteiger partial charge in [0.2, 0.25) is 0 Å². The first-order valence-corrected chi connectivity index (χ1v) is 10.2. The normalized spacial score (nSPS) is 17.7. The summed E-state index contributed by atoms with van der Waals surface area (Å²) in [6.45, 7) is 11.8. The summed E-state index contributed by atoms with van der Waals surface area (Å²) in [6.07, 6.45) is 2.70. The van der Waals surface area contributed by atoms with Gasteiger partial charge < -0.3 is 35.0 Å². The van der Waals surface area contributed by atoms with Crippen LogP contribution in [0.2, 0.25) is 6.04 Å². The molecular formula is C13H30BF4NO3Si. The van der Waals surface area contributed by atoms with Crippen molar-refractivity contribution in [2.75, 3.05) is 46.5 Å². The van der Waals surface area contributed by atoms with Gasteiger partial charge in [-0.15, -0.1) is 0 Å². The monoisotopic (exact) mass is 363 g/mol. The third-order valence-corrected chi connectivity index (χ3v) is 6.72. The van der Waals surface area contributed by atoms with Crippen molar-refractivity contribution in [1.82, 2.24) is 0 Å². The van der Waals surface area contributed by atoms with Crippen molar-refractivity contribution in [3.05, 3.63) is 0 Å². The Hall–Kier alpha value is -0.158. The fourth-order valence-electron chi connectivity index (χ4n) is 2.73. The molecule has 0 spiro atoms. The number of nitrogens with zero attached hydrogens (tertiary/aromatic N) is 1. The summed E-state index contributed by atoms with van der Waals surface area (Å²) in [4.78, 5) is 0. The summed E-state index contributed by atoms with van der Waals surface area (Å²) in [5, 5.41) is 0. The first-order chi connectivity index (χ1) is 10.6. The van der Waals surface area contributed by atoms with E-state index in [-0.39, 0.29) is 0 Å². The van der Waals surface area contributed by atoms with Gasteiger partial charge in [0.25, 0.3) is 0 Å². The van der Waals surface area contributed by atoms with Gasteiger partial charge in [-0.3, -0.25) is 0 Å². The molecule has 0 radical (unpaired) electrons. The maximum absolute atomic E-state index is 9.75. The lowest BCUT2D eigenvalue weighted by Gasteiger charge is -2.34. The van der Waals surface area contributed by atoms with Crippen molar-refractivity contribution in [2.45, 2.75) is 39.7 Å². The van der Waals surface area contributed by atoms with Crippen LogP contribution in [0.5, 0.6) is 0 Å². The SMILES string of the molecule is CCO[Si](CC[N+]1(C)CCCC1)(OCC)OCC.F[B-](F)(F)F. The summed E-state index contributed by atoms with van der Waals surface area (Å²) in [5.41, 5.74) is 0. The number of hydrogen-bond acceptors (Lipinski definition) is 3. The summed E-state index contributed by atoms with van der Waals surface area (Å²) in [7, 11) is -6.08. The zero-order valence-corrected chi connectivity index (χ0v) is 15.6. The maximum atomic E-state index is 9.75. The van der Waals surface area contributed by atoms with Crippen LogP contribution in [0, 0.1) is 0 Å². The topological polar surface area (TPSA) is 27.7 Å². The molecule has 1 rings (SSSR count). The molecule has 0 N–H and O–H groups in total. The number of likely N-dealkylation sites (tertiary alicyclic amines) is 1. The van der Waals surface area contributed by atoms with E-state index < -0.39 is 16.1 Å². The zero-order chi connectivity index (χ0) is 18.0. The smallest absolute Gasteiger partial charge is 0.418 e. The van der Waals surface area contributed by atoms with Gasteiger partial charge in [-0.2, -0.15) is 0 Å². The van der Waals surface area contributed by atoms with Crippen molar-refractivity contribution in [2.24, 2.45) is 0 Å². The van der Waals surface area contributed by atoms with Crippen LogP contribution < -0.4 is 0 Å². The van der Waals surface area contributed by atoms with Gasteiger partial charge in [-0.1, -0.05) is 0 Å². The molecule has 23 heavy (non-hydrogen) atoms. The highest BCUT2D eigenvalue weighted by Gasteiger charge is 2.43. The van der Waals surface area contributed by atoms with E-state index in [9.17, 15) is 17.3 Å². The van der Waals surface area contributed by atoms with Crippen LogP contribution in [0.25, 0.3) is 0 Å². The third-order valence-electron chi connectivity index (χ3n) is 3.70. The molecule has 1 fully saturated rings. The minimum absolute atomic E-state index is 0.677. The molecule has 1 aliphatic heterocycles. The lowest BCUT2D eigenvalue weighted by atomic mass is 10.3. The van der Waals surface area contributed by atoms with Crippen molar-refractivity contribution < 1.29 is 35.0 Å². The van der Waals surface area contributed by atoms with Gasteiger partial charge in [-0.25, -0.2) is 0 Å². The molecule has 0 amide bonds. The zero-order valence-electron chi connectivity index (χ0n) is 14.6. The fourth-order valence-corrected chi connectivity index (χ4v) is 5.55. The predicted octanol–water partition coefficient (Wildman–Crippen LogP) is 3.58. The van der Waals surface area contributed by atoms with E-state index in [1.54, 1.807) is 0 Å². The summed E-state index contributed by atoms with van der Waals surface area (Å²) >= 11 is 0. The second-order valence-electron chi connectivity index (χ2n) is 5.72. The quantitative estimate of drug-likeness (QED) is 0.356. The number of hydrogen-bond donors (Lipinski definition) is 0. The second-order valence-corrected chi connectivity index (χ2v) is 8.46. The van der Waals surface area contributed by atoms with Crippen molar-refractivity contribution in [3.8, 4) is 0 Å². The number of quaternary nitrogens is 1. The molecule has 0 saturated carbocycles. The molecular weight excluding hydrogens is 333 g/mol. The van der Waals surface area contributed by atoms with E-state index in [2.05, 4.69) is 7.05 Å². The molecule has 1 saturated heterocycles. The Bertz CT molecular complexity index is 295. The molecule has 10 heteroatoms. The van der Waals surface area contributed by atoms with Crippen molar-refractivity contribution in [1.29, 1.82) is 0 Å². The molecule has 0 aromatic heterocycles. The van der Waals surface area contributed by atoms with E-state index in [0.29, 0.717) is 19.8 Å². The molecule has 0 aromatic carbocycles. The third kappa shape index (κ3) is 11.1. The number of halogens is 4. The highest BCUT2D eigenvalue weighted by Crippen LogP contribution is 2.22. The van der Waals surface area contributed by atoms with E-state index in [0.717, 1.165) is 17.1 Å². The minimum atomic E-state index is -6.00. The lowest BCUT2D eigenvalue weighted by molar-refractivity contribution is -0.895. The first kappa shape index (κ1) is 22.8.